The highest BCUT2D eigenvalue weighted by molar-refractivity contribution is 6.03. The van der Waals surface area contributed by atoms with Gasteiger partial charge in [-0.15, -0.1) is 0 Å². The molecular formula is C15H14N4O2. The maximum absolute atomic E-state index is 12.4. The van der Waals surface area contributed by atoms with Crippen LogP contribution in [0.25, 0.3) is 5.52 Å². The minimum Gasteiger partial charge on any atom is -0.360 e. The molecule has 0 saturated carbocycles. The highest BCUT2D eigenvalue weighted by Crippen LogP contribution is 2.24. The minimum absolute atomic E-state index is 0.221. The van der Waals surface area contributed by atoms with E-state index in [0.29, 0.717) is 11.4 Å². The van der Waals surface area contributed by atoms with Gasteiger partial charge in [-0.25, -0.2) is 4.98 Å². The van der Waals surface area contributed by atoms with E-state index in [2.05, 4.69) is 15.5 Å². The van der Waals surface area contributed by atoms with Gasteiger partial charge in [-0.1, -0.05) is 5.16 Å². The Morgan fingerprint density at radius 1 is 1.29 bits per heavy atom. The molecule has 3 heterocycles. The number of rotatable bonds is 2. The van der Waals surface area contributed by atoms with E-state index in [1.807, 2.05) is 22.7 Å². The summed E-state index contributed by atoms with van der Waals surface area (Å²) in [6.07, 6.45) is 9.20. The molecule has 0 bridgehead atoms. The minimum atomic E-state index is -0.221. The largest absolute Gasteiger partial charge is 0.360 e. The number of hydrogen-bond acceptors (Lipinski definition) is 4. The number of amides is 1. The van der Waals surface area contributed by atoms with E-state index in [1.54, 1.807) is 12.5 Å². The number of hydrogen-bond donors (Lipinski definition) is 1. The molecule has 0 saturated heterocycles. The van der Waals surface area contributed by atoms with Gasteiger partial charge in [-0.05, 0) is 31.4 Å². The first-order valence-corrected chi connectivity index (χ1v) is 7.02. The van der Waals surface area contributed by atoms with Gasteiger partial charge in [0.1, 0.15) is 5.76 Å². The summed E-state index contributed by atoms with van der Waals surface area (Å²) in [4.78, 5) is 16.4. The molecule has 0 spiro atoms. The lowest BCUT2D eigenvalue weighted by Crippen LogP contribution is -2.15. The molecule has 1 aliphatic rings. The lowest BCUT2D eigenvalue weighted by atomic mass is 9.96. The van der Waals surface area contributed by atoms with Crippen LogP contribution in [0.3, 0.4) is 0 Å². The monoisotopic (exact) mass is 282 g/mol. The molecule has 0 fully saturated rings. The summed E-state index contributed by atoms with van der Waals surface area (Å²) in [5.41, 5.74) is 3.06. The van der Waals surface area contributed by atoms with E-state index in [9.17, 15) is 4.79 Å². The summed E-state index contributed by atoms with van der Waals surface area (Å²) in [7, 11) is 0. The Labute approximate surface area is 120 Å². The predicted octanol–water partition coefficient (Wildman–Crippen LogP) is 2.45. The number of aryl methyl sites for hydroxylation is 1. The summed E-state index contributed by atoms with van der Waals surface area (Å²) >= 11 is 0. The van der Waals surface area contributed by atoms with Gasteiger partial charge >= 0.3 is 0 Å². The molecule has 0 aromatic carbocycles. The summed E-state index contributed by atoms with van der Waals surface area (Å²) in [6.45, 7) is 0. The van der Waals surface area contributed by atoms with Gasteiger partial charge < -0.3 is 14.2 Å². The van der Waals surface area contributed by atoms with Crippen LogP contribution in [0.1, 0.15) is 34.7 Å². The van der Waals surface area contributed by atoms with Crippen molar-refractivity contribution >= 4 is 17.1 Å². The highest BCUT2D eigenvalue weighted by Gasteiger charge is 2.23. The molecule has 0 aliphatic heterocycles. The smallest absolute Gasteiger partial charge is 0.278 e. The number of fused-ring (bicyclic) bond motifs is 2. The van der Waals surface area contributed by atoms with Gasteiger partial charge in [0.05, 0.1) is 23.7 Å². The van der Waals surface area contributed by atoms with Crippen LogP contribution in [0, 0.1) is 0 Å². The SMILES string of the molecule is O=C(Nc1ccc2cncn2c1)c1noc2c1CCCC2. The van der Waals surface area contributed by atoms with Crippen molar-refractivity contribution in [2.45, 2.75) is 25.7 Å². The molecule has 4 rings (SSSR count). The number of pyridine rings is 1. The van der Waals surface area contributed by atoms with Crippen LogP contribution in [-0.2, 0) is 12.8 Å². The van der Waals surface area contributed by atoms with Crippen molar-refractivity contribution in [1.82, 2.24) is 14.5 Å². The number of imidazole rings is 1. The fraction of sp³-hybridized carbons (Fsp3) is 0.267. The van der Waals surface area contributed by atoms with E-state index < -0.39 is 0 Å². The third-order valence-corrected chi connectivity index (χ3v) is 3.83. The summed E-state index contributed by atoms with van der Waals surface area (Å²) in [5.74, 6) is 0.637. The number of carbonyl (C=O) groups is 1. The van der Waals surface area contributed by atoms with Crippen molar-refractivity contribution < 1.29 is 9.32 Å². The Balaban J connectivity index is 1.61. The van der Waals surface area contributed by atoms with Crippen molar-refractivity contribution in [1.29, 1.82) is 0 Å². The zero-order valence-electron chi connectivity index (χ0n) is 11.4. The number of carbonyl (C=O) groups excluding carboxylic acids is 1. The Morgan fingerprint density at radius 2 is 2.19 bits per heavy atom. The van der Waals surface area contributed by atoms with Crippen LogP contribution in [0.15, 0.2) is 35.4 Å². The Bertz CT molecular complexity index is 818. The molecule has 3 aromatic heterocycles. The van der Waals surface area contributed by atoms with Crippen molar-refractivity contribution in [2.75, 3.05) is 5.32 Å². The predicted molar refractivity (Wildman–Crippen MR) is 76.3 cm³/mol. The molecule has 0 unspecified atom stereocenters. The van der Waals surface area contributed by atoms with Gasteiger partial charge in [-0.2, -0.15) is 0 Å². The topological polar surface area (TPSA) is 72.4 Å². The first kappa shape index (κ1) is 12.1. The molecule has 0 atom stereocenters. The second kappa shape index (κ2) is 4.73. The Morgan fingerprint density at radius 3 is 3.14 bits per heavy atom. The standard InChI is InChI=1S/C15H14N4O2/c20-15(14-12-3-1-2-4-13(12)21-18-14)17-10-5-6-11-7-16-9-19(11)8-10/h5-9H,1-4H2,(H,17,20). The number of nitrogens with zero attached hydrogens (tertiary/aromatic N) is 3. The van der Waals surface area contributed by atoms with Gasteiger partial charge in [0.25, 0.3) is 5.91 Å². The third-order valence-electron chi connectivity index (χ3n) is 3.83. The van der Waals surface area contributed by atoms with Crippen molar-refractivity contribution in [3.63, 3.8) is 0 Å². The van der Waals surface area contributed by atoms with Crippen molar-refractivity contribution in [2.24, 2.45) is 0 Å². The third kappa shape index (κ3) is 2.08. The summed E-state index contributed by atoms with van der Waals surface area (Å²) in [5, 5.41) is 6.81. The first-order chi connectivity index (χ1) is 10.3. The summed E-state index contributed by atoms with van der Waals surface area (Å²) in [6, 6.07) is 3.75. The maximum atomic E-state index is 12.4. The molecule has 0 radical (unpaired) electrons. The van der Waals surface area contributed by atoms with Gasteiger partial charge in [-0.3, -0.25) is 4.79 Å². The van der Waals surface area contributed by atoms with Crippen LogP contribution >= 0.6 is 0 Å². The number of anilines is 1. The van der Waals surface area contributed by atoms with Crippen LogP contribution < -0.4 is 5.32 Å². The lowest BCUT2D eigenvalue weighted by molar-refractivity contribution is 0.101. The fourth-order valence-electron chi connectivity index (χ4n) is 2.75. The molecule has 1 aliphatic carbocycles. The highest BCUT2D eigenvalue weighted by atomic mass is 16.5. The average molecular weight is 282 g/mol. The fourth-order valence-corrected chi connectivity index (χ4v) is 2.75. The van der Waals surface area contributed by atoms with Gasteiger partial charge in [0, 0.05) is 18.2 Å². The molecule has 21 heavy (non-hydrogen) atoms. The lowest BCUT2D eigenvalue weighted by Gasteiger charge is -2.09. The van der Waals surface area contributed by atoms with E-state index in [1.165, 1.54) is 0 Å². The van der Waals surface area contributed by atoms with E-state index >= 15 is 0 Å². The number of aromatic nitrogens is 3. The maximum Gasteiger partial charge on any atom is 0.278 e. The second-order valence-electron chi connectivity index (χ2n) is 5.24. The van der Waals surface area contributed by atoms with E-state index in [0.717, 1.165) is 42.5 Å². The van der Waals surface area contributed by atoms with Crippen molar-refractivity contribution in [3.8, 4) is 0 Å². The molecule has 6 nitrogen and oxygen atoms in total. The van der Waals surface area contributed by atoms with Crippen LogP contribution in [0.2, 0.25) is 0 Å². The Kier molecular flexibility index (Phi) is 2.73. The van der Waals surface area contributed by atoms with Gasteiger partial charge in [0.15, 0.2) is 5.69 Å². The van der Waals surface area contributed by atoms with E-state index in [-0.39, 0.29) is 5.91 Å². The zero-order chi connectivity index (χ0) is 14.2. The average Bonchev–Trinajstić information content (AvgIpc) is 3.13. The molecule has 106 valence electrons. The Hall–Kier alpha value is -2.63. The van der Waals surface area contributed by atoms with Crippen molar-refractivity contribution in [3.05, 3.63) is 47.9 Å². The van der Waals surface area contributed by atoms with Crippen LogP contribution in [0.5, 0.6) is 0 Å². The molecule has 6 heteroatoms. The molecule has 3 aromatic rings. The normalized spacial score (nSPS) is 14.1. The quantitative estimate of drug-likeness (QED) is 0.783. The molecule has 1 N–H and O–H groups in total. The van der Waals surface area contributed by atoms with Crippen LogP contribution in [-0.4, -0.2) is 20.4 Å². The van der Waals surface area contributed by atoms with Crippen LogP contribution in [0.4, 0.5) is 5.69 Å². The van der Waals surface area contributed by atoms with Gasteiger partial charge in [0.2, 0.25) is 0 Å². The molecular weight excluding hydrogens is 268 g/mol. The number of nitrogens with one attached hydrogen (secondary N) is 1. The van der Waals surface area contributed by atoms with E-state index in [4.69, 9.17) is 4.52 Å². The first-order valence-electron chi connectivity index (χ1n) is 7.02. The second-order valence-corrected chi connectivity index (χ2v) is 5.24. The zero-order valence-corrected chi connectivity index (χ0v) is 11.4. The molecule has 1 amide bonds. The summed E-state index contributed by atoms with van der Waals surface area (Å²) < 4.78 is 7.13.